The first-order chi connectivity index (χ1) is 17.3. The molecule has 0 bridgehead atoms. The highest BCUT2D eigenvalue weighted by atomic mass is 35.5. The summed E-state index contributed by atoms with van der Waals surface area (Å²) in [5.74, 6) is 0.700. The van der Waals surface area contributed by atoms with Gasteiger partial charge in [-0.2, -0.15) is 13.2 Å². The first kappa shape index (κ1) is 23.9. The zero-order chi connectivity index (χ0) is 25.3. The molecule has 4 aromatic rings. The van der Waals surface area contributed by atoms with Gasteiger partial charge in [-0.15, -0.1) is 0 Å². The third-order valence-electron chi connectivity index (χ3n) is 6.13. The number of halogens is 4. The third-order valence-corrected chi connectivity index (χ3v) is 6.38. The average molecular weight is 512 g/mol. The van der Waals surface area contributed by atoms with E-state index in [1.54, 1.807) is 47.5 Å². The Morgan fingerprint density at radius 2 is 1.64 bits per heavy atom. The lowest BCUT2D eigenvalue weighted by molar-refractivity contribution is -0.137. The summed E-state index contributed by atoms with van der Waals surface area (Å²) in [6.45, 7) is 1.61. The van der Waals surface area contributed by atoms with Crippen molar-refractivity contribution in [3.63, 3.8) is 0 Å². The second kappa shape index (κ2) is 9.70. The van der Waals surface area contributed by atoms with E-state index in [1.807, 2.05) is 23.1 Å². The quantitative estimate of drug-likeness (QED) is 0.308. The third kappa shape index (κ3) is 4.95. The molecule has 1 amide bonds. The van der Waals surface area contributed by atoms with Crippen molar-refractivity contribution in [2.75, 3.05) is 31.1 Å². The van der Waals surface area contributed by atoms with E-state index < -0.39 is 11.7 Å². The molecule has 184 valence electrons. The summed E-state index contributed by atoms with van der Waals surface area (Å²) in [6.07, 6.45) is -2.79. The minimum absolute atomic E-state index is 0.180. The van der Waals surface area contributed by atoms with Crippen LogP contribution in [0.4, 0.5) is 18.9 Å². The van der Waals surface area contributed by atoms with E-state index in [2.05, 4.69) is 4.98 Å². The number of rotatable bonds is 4. The highest BCUT2D eigenvalue weighted by Gasteiger charge is 2.31. The zero-order valence-electron chi connectivity index (χ0n) is 19.0. The Labute approximate surface area is 210 Å². The van der Waals surface area contributed by atoms with Gasteiger partial charge in [0.1, 0.15) is 0 Å². The van der Waals surface area contributed by atoms with Crippen molar-refractivity contribution in [1.82, 2.24) is 9.88 Å². The van der Waals surface area contributed by atoms with Crippen LogP contribution >= 0.6 is 11.6 Å². The molecule has 5 nitrogen and oxygen atoms in total. The summed E-state index contributed by atoms with van der Waals surface area (Å²) < 4.78 is 45.2. The van der Waals surface area contributed by atoms with E-state index in [1.165, 1.54) is 6.07 Å². The van der Waals surface area contributed by atoms with Gasteiger partial charge >= 0.3 is 6.18 Å². The molecular weight excluding hydrogens is 491 g/mol. The van der Waals surface area contributed by atoms with Gasteiger partial charge in [0.15, 0.2) is 5.76 Å². The fraction of sp³-hybridized carbons (Fsp3) is 0.185. The minimum Gasteiger partial charge on any atom is -0.436 e. The van der Waals surface area contributed by atoms with E-state index in [0.717, 1.165) is 17.7 Å². The van der Waals surface area contributed by atoms with E-state index >= 15 is 0 Å². The topological polar surface area (TPSA) is 49.6 Å². The predicted molar refractivity (Wildman–Crippen MR) is 132 cm³/mol. The molecule has 0 aliphatic carbocycles. The molecule has 0 spiro atoms. The van der Waals surface area contributed by atoms with Crippen molar-refractivity contribution >= 4 is 23.2 Å². The van der Waals surface area contributed by atoms with Crippen LogP contribution in [0.25, 0.3) is 22.8 Å². The Balaban J connectivity index is 1.32. The molecule has 2 heterocycles. The number of oxazole rings is 1. The second-order valence-corrected chi connectivity index (χ2v) is 8.85. The van der Waals surface area contributed by atoms with E-state index in [-0.39, 0.29) is 5.91 Å². The summed E-state index contributed by atoms with van der Waals surface area (Å²) in [5.41, 5.74) is 1.65. The van der Waals surface area contributed by atoms with E-state index in [0.29, 0.717) is 59.7 Å². The number of carbonyl (C=O) groups excluding carboxylic acids is 1. The van der Waals surface area contributed by atoms with Crippen molar-refractivity contribution in [1.29, 1.82) is 0 Å². The molecule has 1 aliphatic rings. The Kier molecular flexibility index (Phi) is 6.45. The lowest BCUT2D eigenvalue weighted by Gasteiger charge is -2.36. The molecule has 36 heavy (non-hydrogen) atoms. The van der Waals surface area contributed by atoms with Crippen molar-refractivity contribution in [2.24, 2.45) is 0 Å². The smallest absolute Gasteiger partial charge is 0.416 e. The van der Waals surface area contributed by atoms with Crippen LogP contribution in [0.15, 0.2) is 83.4 Å². The number of piperazine rings is 1. The normalized spacial score (nSPS) is 14.2. The van der Waals surface area contributed by atoms with Crippen molar-refractivity contribution in [3.8, 4) is 22.8 Å². The first-order valence-electron chi connectivity index (χ1n) is 11.3. The Hall–Kier alpha value is -3.78. The maximum Gasteiger partial charge on any atom is 0.416 e. The fourth-order valence-corrected chi connectivity index (χ4v) is 4.35. The number of hydrogen-bond acceptors (Lipinski definition) is 4. The summed E-state index contributed by atoms with van der Waals surface area (Å²) >= 11 is 5.96. The molecule has 5 rings (SSSR count). The largest absolute Gasteiger partial charge is 0.436 e. The lowest BCUT2D eigenvalue weighted by Crippen LogP contribution is -2.49. The highest BCUT2D eigenvalue weighted by molar-refractivity contribution is 6.30. The molecule has 0 saturated carbocycles. The number of benzene rings is 3. The minimum atomic E-state index is -4.40. The maximum atomic E-state index is 13.4. The molecule has 0 radical (unpaired) electrons. The van der Waals surface area contributed by atoms with Crippen LogP contribution in [0.3, 0.4) is 0 Å². The zero-order valence-corrected chi connectivity index (χ0v) is 19.8. The summed E-state index contributed by atoms with van der Waals surface area (Å²) in [5, 5.41) is 0.614. The van der Waals surface area contributed by atoms with Gasteiger partial charge in [-0.1, -0.05) is 29.8 Å². The van der Waals surface area contributed by atoms with Gasteiger partial charge in [-0.05, 0) is 54.6 Å². The first-order valence-corrected chi connectivity index (χ1v) is 11.7. The van der Waals surface area contributed by atoms with Gasteiger partial charge in [0.25, 0.3) is 5.91 Å². The van der Waals surface area contributed by atoms with Gasteiger partial charge < -0.3 is 14.2 Å². The molecular formula is C27H21ClF3N3O2. The van der Waals surface area contributed by atoms with Gasteiger partial charge in [0.05, 0.1) is 17.3 Å². The summed E-state index contributed by atoms with van der Waals surface area (Å²) in [6, 6.07) is 19.5. The standard InChI is InChI=1S/C27H21ClF3N3O2/c28-20-10-8-18(9-11-20)24-17-32-25(36-24)22-6-1-2-7-23(22)26(35)34-14-12-33(13-15-34)21-5-3-4-19(16-21)27(29,30)31/h1-11,16-17H,12-15H2. The van der Waals surface area contributed by atoms with Crippen molar-refractivity contribution in [3.05, 3.63) is 95.1 Å². The predicted octanol–water partition coefficient (Wildman–Crippen LogP) is 6.64. The lowest BCUT2D eigenvalue weighted by atomic mass is 10.1. The van der Waals surface area contributed by atoms with Crippen LogP contribution in [-0.2, 0) is 6.18 Å². The Bertz CT molecular complexity index is 1380. The number of anilines is 1. The molecule has 0 atom stereocenters. The van der Waals surface area contributed by atoms with Crippen LogP contribution in [0, 0.1) is 0 Å². The van der Waals surface area contributed by atoms with Crippen LogP contribution in [0.5, 0.6) is 0 Å². The summed E-state index contributed by atoms with van der Waals surface area (Å²) in [4.78, 5) is 21.4. The molecule has 0 unspecified atom stereocenters. The number of amides is 1. The molecule has 3 aromatic carbocycles. The number of carbonyl (C=O) groups is 1. The summed E-state index contributed by atoms with van der Waals surface area (Å²) in [7, 11) is 0. The van der Waals surface area contributed by atoms with Crippen LogP contribution in [-0.4, -0.2) is 42.0 Å². The number of aromatic nitrogens is 1. The molecule has 0 N–H and O–H groups in total. The maximum absolute atomic E-state index is 13.4. The van der Waals surface area contributed by atoms with Gasteiger partial charge in [-0.25, -0.2) is 4.98 Å². The molecule has 1 aliphatic heterocycles. The Morgan fingerprint density at radius 3 is 2.36 bits per heavy atom. The van der Waals surface area contributed by atoms with E-state index in [9.17, 15) is 18.0 Å². The molecule has 1 fully saturated rings. The second-order valence-electron chi connectivity index (χ2n) is 8.41. The van der Waals surface area contributed by atoms with Gasteiger partial charge in [0.2, 0.25) is 5.89 Å². The van der Waals surface area contributed by atoms with Crippen LogP contribution in [0.1, 0.15) is 15.9 Å². The van der Waals surface area contributed by atoms with E-state index in [4.69, 9.17) is 16.0 Å². The number of alkyl halides is 3. The van der Waals surface area contributed by atoms with Crippen molar-refractivity contribution < 1.29 is 22.4 Å². The number of hydrogen-bond donors (Lipinski definition) is 0. The van der Waals surface area contributed by atoms with Gasteiger partial charge in [-0.3, -0.25) is 4.79 Å². The van der Waals surface area contributed by atoms with Gasteiger partial charge in [0, 0.05) is 48.0 Å². The molecule has 9 heteroatoms. The van der Waals surface area contributed by atoms with Crippen molar-refractivity contribution in [2.45, 2.75) is 6.18 Å². The Morgan fingerprint density at radius 1 is 0.917 bits per heavy atom. The van der Waals surface area contributed by atoms with Crippen LogP contribution < -0.4 is 4.90 Å². The highest BCUT2D eigenvalue weighted by Crippen LogP contribution is 2.33. The monoisotopic (exact) mass is 511 g/mol. The molecule has 1 aromatic heterocycles. The average Bonchev–Trinajstić information content (AvgIpc) is 3.39. The van der Waals surface area contributed by atoms with Crippen LogP contribution in [0.2, 0.25) is 5.02 Å². The fourth-order valence-electron chi connectivity index (χ4n) is 4.22. The molecule has 1 saturated heterocycles. The number of nitrogens with zero attached hydrogens (tertiary/aromatic N) is 3. The SMILES string of the molecule is O=C(c1ccccc1-c1ncc(-c2ccc(Cl)cc2)o1)N1CCN(c2cccc(C(F)(F)F)c2)CC1.